The van der Waals surface area contributed by atoms with Crippen LogP contribution in [0.15, 0.2) is 10.3 Å². The van der Waals surface area contributed by atoms with Crippen molar-refractivity contribution in [2.24, 2.45) is 0 Å². The SMILES string of the molecule is CC1CN(S(=O)(=O)c2cc([N+](=O)[O-])c(Cl)s2)CCN1. The molecular weight excluding hydrogens is 314 g/mol. The lowest BCUT2D eigenvalue weighted by Gasteiger charge is -2.30. The third-order valence-electron chi connectivity index (χ3n) is 2.77. The third kappa shape index (κ3) is 2.90. The number of piperazine rings is 1. The number of nitrogens with one attached hydrogen (secondary N) is 1. The molecule has 1 atom stereocenters. The number of halogens is 1. The Hall–Kier alpha value is -0.740. The minimum Gasteiger partial charge on any atom is -0.312 e. The Kier molecular flexibility index (Phi) is 4.11. The van der Waals surface area contributed by atoms with Crippen molar-refractivity contribution in [1.29, 1.82) is 0 Å². The third-order valence-corrected chi connectivity index (χ3v) is 6.42. The first-order chi connectivity index (χ1) is 8.82. The first-order valence-corrected chi connectivity index (χ1v) is 8.13. The van der Waals surface area contributed by atoms with Gasteiger partial charge in [0.15, 0.2) is 4.34 Å². The molecule has 1 aromatic rings. The van der Waals surface area contributed by atoms with Crippen LogP contribution in [0.5, 0.6) is 0 Å². The molecule has 1 fully saturated rings. The molecule has 1 saturated heterocycles. The second-order valence-electron chi connectivity index (χ2n) is 4.20. The zero-order chi connectivity index (χ0) is 14.2. The fourth-order valence-electron chi connectivity index (χ4n) is 1.83. The van der Waals surface area contributed by atoms with E-state index in [-0.39, 0.29) is 20.3 Å². The van der Waals surface area contributed by atoms with Gasteiger partial charge in [-0.1, -0.05) is 11.6 Å². The highest BCUT2D eigenvalue weighted by molar-refractivity contribution is 7.91. The van der Waals surface area contributed by atoms with Crippen LogP contribution in [0.4, 0.5) is 5.69 Å². The standard InChI is InChI=1S/C9H12ClN3O4S2/c1-6-5-12(3-2-11-6)19(16,17)8-4-7(13(14)15)9(10)18-8/h4,6,11H,2-3,5H2,1H3. The van der Waals surface area contributed by atoms with E-state index >= 15 is 0 Å². The predicted molar refractivity (Wildman–Crippen MR) is 72.2 cm³/mol. The van der Waals surface area contributed by atoms with Gasteiger partial charge in [-0.2, -0.15) is 4.31 Å². The number of hydrogen-bond donors (Lipinski definition) is 1. The predicted octanol–water partition coefficient (Wildman–Crippen LogP) is 1.29. The van der Waals surface area contributed by atoms with Gasteiger partial charge in [-0.05, 0) is 6.92 Å². The molecule has 1 aliphatic heterocycles. The van der Waals surface area contributed by atoms with E-state index in [1.807, 2.05) is 6.92 Å². The van der Waals surface area contributed by atoms with E-state index in [1.54, 1.807) is 0 Å². The van der Waals surface area contributed by atoms with Crippen molar-refractivity contribution < 1.29 is 13.3 Å². The van der Waals surface area contributed by atoms with Gasteiger partial charge in [-0.3, -0.25) is 10.1 Å². The van der Waals surface area contributed by atoms with Gasteiger partial charge in [-0.15, -0.1) is 11.3 Å². The molecule has 0 aromatic carbocycles. The molecule has 1 aliphatic rings. The maximum absolute atomic E-state index is 12.3. The summed E-state index contributed by atoms with van der Waals surface area (Å²) < 4.78 is 25.8. The van der Waals surface area contributed by atoms with Gasteiger partial charge in [-0.25, -0.2) is 8.42 Å². The molecule has 7 nitrogen and oxygen atoms in total. The zero-order valence-corrected chi connectivity index (χ0v) is 12.4. The largest absolute Gasteiger partial charge is 0.312 e. The summed E-state index contributed by atoms with van der Waals surface area (Å²) >= 11 is 6.41. The van der Waals surface area contributed by atoms with Crippen LogP contribution in [0.25, 0.3) is 0 Å². The van der Waals surface area contributed by atoms with Gasteiger partial charge in [0.05, 0.1) is 4.92 Å². The first-order valence-electron chi connectivity index (χ1n) is 5.49. The molecule has 2 heterocycles. The summed E-state index contributed by atoms with van der Waals surface area (Å²) in [6.45, 7) is 3.12. The molecule has 0 saturated carbocycles. The summed E-state index contributed by atoms with van der Waals surface area (Å²) in [5, 5.41) is 13.8. The minimum absolute atomic E-state index is 0.0499. The Morgan fingerprint density at radius 2 is 2.32 bits per heavy atom. The number of sulfonamides is 1. The van der Waals surface area contributed by atoms with E-state index in [0.717, 1.165) is 17.4 Å². The van der Waals surface area contributed by atoms with Crippen LogP contribution in [0.1, 0.15) is 6.92 Å². The Balaban J connectivity index is 2.34. The van der Waals surface area contributed by atoms with E-state index < -0.39 is 14.9 Å². The molecular formula is C9H12ClN3O4S2. The molecule has 1 unspecified atom stereocenters. The van der Waals surface area contributed by atoms with E-state index in [2.05, 4.69) is 5.32 Å². The van der Waals surface area contributed by atoms with Crippen molar-refractivity contribution in [3.63, 3.8) is 0 Å². The summed E-state index contributed by atoms with van der Waals surface area (Å²) in [4.78, 5) is 10.0. The molecule has 1 N–H and O–H groups in total. The number of nitrogens with zero attached hydrogens (tertiary/aromatic N) is 2. The molecule has 0 amide bonds. The highest BCUT2D eigenvalue weighted by Crippen LogP contribution is 2.37. The van der Waals surface area contributed by atoms with Crippen molar-refractivity contribution in [2.75, 3.05) is 19.6 Å². The Morgan fingerprint density at radius 3 is 2.84 bits per heavy atom. The van der Waals surface area contributed by atoms with Gasteiger partial charge < -0.3 is 5.32 Å². The lowest BCUT2D eigenvalue weighted by atomic mass is 10.3. The molecule has 10 heteroatoms. The van der Waals surface area contributed by atoms with Gasteiger partial charge in [0.1, 0.15) is 4.21 Å². The monoisotopic (exact) mass is 325 g/mol. The van der Waals surface area contributed by atoms with Gasteiger partial charge in [0.2, 0.25) is 0 Å². The highest BCUT2D eigenvalue weighted by Gasteiger charge is 2.32. The quantitative estimate of drug-likeness (QED) is 0.667. The van der Waals surface area contributed by atoms with E-state index in [4.69, 9.17) is 11.6 Å². The maximum Gasteiger partial charge on any atom is 0.300 e. The highest BCUT2D eigenvalue weighted by atomic mass is 35.5. The van der Waals surface area contributed by atoms with Crippen LogP contribution in [-0.2, 0) is 10.0 Å². The van der Waals surface area contributed by atoms with Crippen molar-refractivity contribution >= 4 is 38.6 Å². The molecule has 0 spiro atoms. The second kappa shape index (κ2) is 5.33. The smallest absolute Gasteiger partial charge is 0.300 e. The topological polar surface area (TPSA) is 92.5 Å². The lowest BCUT2D eigenvalue weighted by molar-refractivity contribution is -0.384. The Morgan fingerprint density at radius 1 is 1.63 bits per heavy atom. The van der Waals surface area contributed by atoms with E-state index in [0.29, 0.717) is 19.6 Å². The van der Waals surface area contributed by atoms with Crippen LogP contribution in [0.2, 0.25) is 4.34 Å². The Bertz CT molecular complexity index is 601. The van der Waals surface area contributed by atoms with Crippen molar-refractivity contribution in [3.8, 4) is 0 Å². The summed E-state index contributed by atoms with van der Waals surface area (Å²) in [6.07, 6.45) is 0. The fraction of sp³-hybridized carbons (Fsp3) is 0.556. The summed E-state index contributed by atoms with van der Waals surface area (Å²) in [5.74, 6) is 0. The minimum atomic E-state index is -3.71. The van der Waals surface area contributed by atoms with Crippen LogP contribution in [-0.4, -0.2) is 43.3 Å². The molecule has 2 rings (SSSR count). The molecule has 0 radical (unpaired) electrons. The van der Waals surface area contributed by atoms with Crippen molar-refractivity contribution in [2.45, 2.75) is 17.2 Å². The zero-order valence-electron chi connectivity index (χ0n) is 10.00. The van der Waals surface area contributed by atoms with Crippen molar-refractivity contribution in [3.05, 3.63) is 20.5 Å². The average molecular weight is 326 g/mol. The summed E-state index contributed by atoms with van der Waals surface area (Å²) in [6, 6.07) is 1.07. The van der Waals surface area contributed by atoms with E-state index in [1.165, 1.54) is 4.31 Å². The number of nitro groups is 1. The number of hydrogen-bond acceptors (Lipinski definition) is 6. The number of rotatable bonds is 3. The van der Waals surface area contributed by atoms with Crippen LogP contribution < -0.4 is 5.32 Å². The second-order valence-corrected chi connectivity index (χ2v) is 8.02. The first kappa shape index (κ1) is 14.7. The number of thiophene rings is 1. The van der Waals surface area contributed by atoms with Crippen LogP contribution in [0, 0.1) is 10.1 Å². The normalized spacial score (nSPS) is 21.5. The molecule has 0 aliphatic carbocycles. The molecule has 106 valence electrons. The molecule has 0 bridgehead atoms. The van der Waals surface area contributed by atoms with Crippen molar-refractivity contribution in [1.82, 2.24) is 9.62 Å². The lowest BCUT2D eigenvalue weighted by Crippen LogP contribution is -2.51. The van der Waals surface area contributed by atoms with Gasteiger partial charge in [0.25, 0.3) is 15.7 Å². The fourth-order valence-corrected chi connectivity index (χ4v) is 5.18. The van der Waals surface area contributed by atoms with Crippen LogP contribution >= 0.6 is 22.9 Å². The van der Waals surface area contributed by atoms with E-state index in [9.17, 15) is 18.5 Å². The molecule has 19 heavy (non-hydrogen) atoms. The van der Waals surface area contributed by atoms with Crippen LogP contribution in [0.3, 0.4) is 0 Å². The maximum atomic E-state index is 12.3. The summed E-state index contributed by atoms with van der Waals surface area (Å²) in [7, 11) is -3.71. The van der Waals surface area contributed by atoms with Gasteiger partial charge in [0, 0.05) is 31.7 Å². The summed E-state index contributed by atoms with van der Waals surface area (Å²) in [5.41, 5.74) is -0.367. The van der Waals surface area contributed by atoms with Gasteiger partial charge >= 0.3 is 0 Å². The average Bonchev–Trinajstić information content (AvgIpc) is 2.72. The molecule has 1 aromatic heterocycles. The Labute approximate surface area is 119 Å².